The van der Waals surface area contributed by atoms with Crippen molar-refractivity contribution in [3.05, 3.63) is 0 Å². The van der Waals surface area contributed by atoms with E-state index in [0.29, 0.717) is 12.1 Å². The largest absolute Gasteiger partial charge is 0.379 e. The SMILES string of the molecule is CNC(CC1CC1)C(OC)C(C)(C)C. The minimum atomic E-state index is 0.220. The van der Waals surface area contributed by atoms with Gasteiger partial charge in [-0.1, -0.05) is 33.6 Å². The predicted molar refractivity (Wildman–Crippen MR) is 60.4 cm³/mol. The summed E-state index contributed by atoms with van der Waals surface area (Å²) in [6.45, 7) is 6.75. The van der Waals surface area contributed by atoms with E-state index < -0.39 is 0 Å². The fraction of sp³-hybridized carbons (Fsp3) is 1.00. The Hall–Kier alpha value is -0.0800. The van der Waals surface area contributed by atoms with Gasteiger partial charge >= 0.3 is 0 Å². The lowest BCUT2D eigenvalue weighted by Crippen LogP contribution is -2.46. The summed E-state index contributed by atoms with van der Waals surface area (Å²) in [6, 6.07) is 0.507. The van der Waals surface area contributed by atoms with Gasteiger partial charge in [0.25, 0.3) is 0 Å². The maximum absolute atomic E-state index is 5.63. The van der Waals surface area contributed by atoms with Crippen LogP contribution >= 0.6 is 0 Å². The van der Waals surface area contributed by atoms with E-state index in [9.17, 15) is 0 Å². The van der Waals surface area contributed by atoms with Crippen molar-refractivity contribution in [1.29, 1.82) is 0 Å². The maximum atomic E-state index is 5.63. The van der Waals surface area contributed by atoms with E-state index in [2.05, 4.69) is 26.1 Å². The van der Waals surface area contributed by atoms with Crippen LogP contribution in [0.1, 0.15) is 40.0 Å². The molecule has 1 N–H and O–H groups in total. The summed E-state index contributed by atoms with van der Waals surface area (Å²) in [5.41, 5.74) is 0.220. The second kappa shape index (κ2) is 4.63. The molecule has 0 spiro atoms. The molecule has 1 rings (SSSR count). The first-order valence-corrected chi connectivity index (χ1v) is 5.69. The summed E-state index contributed by atoms with van der Waals surface area (Å²) < 4.78 is 5.63. The van der Waals surface area contributed by atoms with Gasteiger partial charge < -0.3 is 10.1 Å². The highest BCUT2D eigenvalue weighted by molar-refractivity contribution is 4.89. The second-order valence-corrected chi connectivity index (χ2v) is 5.60. The van der Waals surface area contributed by atoms with Gasteiger partial charge in [0.2, 0.25) is 0 Å². The average molecular weight is 199 g/mol. The number of nitrogens with one attached hydrogen (secondary N) is 1. The summed E-state index contributed by atoms with van der Waals surface area (Å²) in [5.74, 6) is 0.951. The average Bonchev–Trinajstić information content (AvgIpc) is 2.85. The summed E-state index contributed by atoms with van der Waals surface area (Å²) in [4.78, 5) is 0. The molecule has 2 atom stereocenters. The lowest BCUT2D eigenvalue weighted by molar-refractivity contribution is -0.0126. The Kier molecular flexibility index (Phi) is 3.96. The molecule has 1 aliphatic carbocycles. The van der Waals surface area contributed by atoms with E-state index in [4.69, 9.17) is 4.74 Å². The molecule has 0 radical (unpaired) electrons. The zero-order chi connectivity index (χ0) is 10.8. The fourth-order valence-electron chi connectivity index (χ4n) is 2.23. The van der Waals surface area contributed by atoms with Crippen molar-refractivity contribution in [3.63, 3.8) is 0 Å². The smallest absolute Gasteiger partial charge is 0.0772 e. The highest BCUT2D eigenvalue weighted by atomic mass is 16.5. The molecule has 1 saturated carbocycles. The molecule has 2 unspecified atom stereocenters. The van der Waals surface area contributed by atoms with Crippen LogP contribution in [0.25, 0.3) is 0 Å². The standard InChI is InChI=1S/C12H25NO/c1-12(2,3)11(14-5)10(13-4)8-9-6-7-9/h9-11,13H,6-8H2,1-5H3. The van der Waals surface area contributed by atoms with Crippen LogP contribution < -0.4 is 5.32 Å². The summed E-state index contributed by atoms with van der Waals surface area (Å²) in [5, 5.41) is 3.41. The third-order valence-electron chi connectivity index (χ3n) is 3.13. The Bertz CT molecular complexity index is 170. The number of methoxy groups -OCH3 is 1. The summed E-state index contributed by atoms with van der Waals surface area (Å²) >= 11 is 0. The van der Waals surface area contributed by atoms with Crippen molar-refractivity contribution < 1.29 is 4.74 Å². The van der Waals surface area contributed by atoms with Gasteiger partial charge in [-0.2, -0.15) is 0 Å². The van der Waals surface area contributed by atoms with Crippen molar-refractivity contribution in [1.82, 2.24) is 5.32 Å². The molecule has 0 saturated heterocycles. The Morgan fingerprint density at radius 3 is 2.21 bits per heavy atom. The molecule has 2 heteroatoms. The minimum absolute atomic E-state index is 0.220. The lowest BCUT2D eigenvalue weighted by atomic mass is 9.83. The highest BCUT2D eigenvalue weighted by Crippen LogP contribution is 2.36. The molecule has 0 amide bonds. The van der Waals surface area contributed by atoms with E-state index in [1.165, 1.54) is 19.3 Å². The molecule has 14 heavy (non-hydrogen) atoms. The van der Waals surface area contributed by atoms with Crippen LogP contribution in [0.2, 0.25) is 0 Å². The lowest BCUT2D eigenvalue weighted by Gasteiger charge is -2.36. The second-order valence-electron chi connectivity index (χ2n) is 5.60. The zero-order valence-corrected chi connectivity index (χ0v) is 10.3. The molecule has 1 fully saturated rings. The minimum Gasteiger partial charge on any atom is -0.379 e. The molecule has 0 aliphatic heterocycles. The Morgan fingerprint density at radius 2 is 1.93 bits per heavy atom. The zero-order valence-electron chi connectivity index (χ0n) is 10.3. The van der Waals surface area contributed by atoms with E-state index in [0.717, 1.165) is 5.92 Å². The Balaban J connectivity index is 2.53. The first kappa shape index (κ1) is 12.0. The van der Waals surface area contributed by atoms with Crippen molar-refractivity contribution in [3.8, 4) is 0 Å². The molecular formula is C12H25NO. The molecular weight excluding hydrogens is 174 g/mol. The number of hydrogen-bond acceptors (Lipinski definition) is 2. The van der Waals surface area contributed by atoms with E-state index >= 15 is 0 Å². The van der Waals surface area contributed by atoms with Crippen LogP contribution in [0.5, 0.6) is 0 Å². The molecule has 0 aromatic carbocycles. The Morgan fingerprint density at radius 1 is 1.36 bits per heavy atom. The first-order valence-electron chi connectivity index (χ1n) is 5.69. The molecule has 0 aromatic heterocycles. The number of likely N-dealkylation sites (N-methyl/N-ethyl adjacent to an activating group) is 1. The van der Waals surface area contributed by atoms with Crippen LogP contribution in [-0.2, 0) is 4.74 Å². The van der Waals surface area contributed by atoms with Crippen LogP contribution in [0, 0.1) is 11.3 Å². The predicted octanol–water partition coefficient (Wildman–Crippen LogP) is 2.44. The third kappa shape index (κ3) is 3.25. The normalized spacial score (nSPS) is 22.1. The monoisotopic (exact) mass is 199 g/mol. The van der Waals surface area contributed by atoms with Gasteiger partial charge in [-0.15, -0.1) is 0 Å². The van der Waals surface area contributed by atoms with Crippen molar-refractivity contribution in [2.24, 2.45) is 11.3 Å². The first-order chi connectivity index (χ1) is 6.49. The molecule has 1 aliphatic rings. The quantitative estimate of drug-likeness (QED) is 0.734. The van der Waals surface area contributed by atoms with Gasteiger partial charge in [0, 0.05) is 13.2 Å². The van der Waals surface area contributed by atoms with Crippen LogP contribution in [0.4, 0.5) is 0 Å². The van der Waals surface area contributed by atoms with Crippen LogP contribution in [-0.4, -0.2) is 26.3 Å². The molecule has 0 heterocycles. The molecule has 2 nitrogen and oxygen atoms in total. The van der Waals surface area contributed by atoms with Gasteiger partial charge in [0.15, 0.2) is 0 Å². The molecule has 0 aromatic rings. The topological polar surface area (TPSA) is 21.3 Å². The summed E-state index contributed by atoms with van der Waals surface area (Å²) in [7, 11) is 3.87. The van der Waals surface area contributed by atoms with Gasteiger partial charge in [0.05, 0.1) is 6.10 Å². The van der Waals surface area contributed by atoms with Gasteiger partial charge in [-0.3, -0.25) is 0 Å². The Labute approximate surface area is 88.4 Å². The van der Waals surface area contributed by atoms with Gasteiger partial charge in [-0.05, 0) is 24.8 Å². The van der Waals surface area contributed by atoms with Crippen molar-refractivity contribution in [2.75, 3.05) is 14.2 Å². The molecule has 84 valence electrons. The number of ether oxygens (including phenoxy) is 1. The van der Waals surface area contributed by atoms with Crippen molar-refractivity contribution >= 4 is 0 Å². The van der Waals surface area contributed by atoms with E-state index in [1.54, 1.807) is 0 Å². The van der Waals surface area contributed by atoms with E-state index in [-0.39, 0.29) is 5.41 Å². The number of hydrogen-bond donors (Lipinski definition) is 1. The van der Waals surface area contributed by atoms with Crippen molar-refractivity contribution in [2.45, 2.75) is 52.2 Å². The maximum Gasteiger partial charge on any atom is 0.0772 e. The summed E-state index contributed by atoms with van der Waals surface area (Å²) in [6.07, 6.45) is 4.41. The fourth-order valence-corrected chi connectivity index (χ4v) is 2.23. The molecule has 0 bridgehead atoms. The van der Waals surface area contributed by atoms with Crippen LogP contribution in [0.3, 0.4) is 0 Å². The van der Waals surface area contributed by atoms with Gasteiger partial charge in [0.1, 0.15) is 0 Å². The van der Waals surface area contributed by atoms with E-state index in [1.807, 2.05) is 14.2 Å². The van der Waals surface area contributed by atoms with Gasteiger partial charge in [-0.25, -0.2) is 0 Å². The van der Waals surface area contributed by atoms with Crippen LogP contribution in [0.15, 0.2) is 0 Å². The highest BCUT2D eigenvalue weighted by Gasteiger charge is 2.35. The third-order valence-corrected chi connectivity index (χ3v) is 3.13. The number of rotatable bonds is 5.